The van der Waals surface area contributed by atoms with Crippen molar-refractivity contribution < 1.29 is 0 Å². The SMILES string of the molecule is [CH2]CCCNCCCNCCN. The van der Waals surface area contributed by atoms with Crippen LogP contribution in [0, 0.1) is 6.92 Å². The molecule has 0 amide bonds. The molecule has 0 aliphatic carbocycles. The van der Waals surface area contributed by atoms with E-state index < -0.39 is 0 Å². The lowest BCUT2D eigenvalue weighted by atomic mass is 10.3. The van der Waals surface area contributed by atoms with Crippen molar-refractivity contribution in [3.05, 3.63) is 6.92 Å². The van der Waals surface area contributed by atoms with Gasteiger partial charge in [0.25, 0.3) is 0 Å². The molecule has 3 heteroatoms. The van der Waals surface area contributed by atoms with Gasteiger partial charge < -0.3 is 16.4 Å². The third kappa shape index (κ3) is 9.88. The van der Waals surface area contributed by atoms with Crippen LogP contribution >= 0.6 is 0 Å². The van der Waals surface area contributed by atoms with Crippen LogP contribution in [0.4, 0.5) is 0 Å². The summed E-state index contributed by atoms with van der Waals surface area (Å²) in [7, 11) is 0. The van der Waals surface area contributed by atoms with Gasteiger partial charge in [0, 0.05) is 13.1 Å². The molecule has 1 radical (unpaired) electrons. The summed E-state index contributed by atoms with van der Waals surface area (Å²) in [5, 5.41) is 6.60. The van der Waals surface area contributed by atoms with E-state index in [0.717, 1.165) is 39.1 Å². The zero-order valence-electron chi connectivity index (χ0n) is 7.94. The smallest absolute Gasteiger partial charge is 0.00745 e. The number of nitrogens with two attached hydrogens (primary N) is 1. The maximum atomic E-state index is 5.32. The van der Waals surface area contributed by atoms with Crippen LogP contribution in [-0.2, 0) is 0 Å². The van der Waals surface area contributed by atoms with Crippen molar-refractivity contribution in [1.82, 2.24) is 10.6 Å². The van der Waals surface area contributed by atoms with Gasteiger partial charge in [-0.15, -0.1) is 0 Å². The highest BCUT2D eigenvalue weighted by atomic mass is 14.9. The van der Waals surface area contributed by atoms with Gasteiger partial charge in [0.2, 0.25) is 0 Å². The van der Waals surface area contributed by atoms with Crippen molar-refractivity contribution in [2.24, 2.45) is 5.73 Å². The molecule has 0 aromatic rings. The second-order valence-corrected chi connectivity index (χ2v) is 2.85. The molecule has 0 fully saturated rings. The third-order valence-electron chi connectivity index (χ3n) is 1.63. The summed E-state index contributed by atoms with van der Waals surface area (Å²) in [5.74, 6) is 0. The van der Waals surface area contributed by atoms with Gasteiger partial charge in [0.15, 0.2) is 0 Å². The summed E-state index contributed by atoms with van der Waals surface area (Å²) >= 11 is 0. The van der Waals surface area contributed by atoms with Crippen LogP contribution in [0.5, 0.6) is 0 Å². The Morgan fingerprint density at radius 2 is 1.50 bits per heavy atom. The summed E-state index contributed by atoms with van der Waals surface area (Å²) in [6, 6.07) is 0. The fourth-order valence-electron chi connectivity index (χ4n) is 0.940. The van der Waals surface area contributed by atoms with Crippen molar-refractivity contribution in [3.63, 3.8) is 0 Å². The minimum absolute atomic E-state index is 0.731. The van der Waals surface area contributed by atoms with Gasteiger partial charge in [-0.25, -0.2) is 0 Å². The van der Waals surface area contributed by atoms with Crippen LogP contribution < -0.4 is 16.4 Å². The molecule has 12 heavy (non-hydrogen) atoms. The van der Waals surface area contributed by atoms with E-state index in [9.17, 15) is 0 Å². The predicted octanol–water partition coefficient (Wildman–Crippen LogP) is 0.129. The summed E-state index contributed by atoms with van der Waals surface area (Å²) < 4.78 is 0. The molecular formula is C9H22N3. The highest BCUT2D eigenvalue weighted by Gasteiger charge is 1.87. The van der Waals surface area contributed by atoms with Gasteiger partial charge in [-0.05, 0) is 32.5 Å². The molecule has 0 aromatic heterocycles. The van der Waals surface area contributed by atoms with E-state index in [1.54, 1.807) is 0 Å². The number of hydrogen-bond acceptors (Lipinski definition) is 3. The van der Waals surface area contributed by atoms with Crippen LogP contribution in [0.1, 0.15) is 19.3 Å². The van der Waals surface area contributed by atoms with Crippen LogP contribution in [-0.4, -0.2) is 32.7 Å². The van der Waals surface area contributed by atoms with E-state index in [1.807, 2.05) is 0 Å². The van der Waals surface area contributed by atoms with Crippen LogP contribution in [0.15, 0.2) is 0 Å². The van der Waals surface area contributed by atoms with E-state index in [-0.39, 0.29) is 0 Å². The maximum absolute atomic E-state index is 5.32. The Hall–Kier alpha value is -0.120. The Labute approximate surface area is 76.1 Å². The number of rotatable bonds is 9. The Bertz CT molecular complexity index is 66.2. The number of unbranched alkanes of at least 4 members (excludes halogenated alkanes) is 1. The van der Waals surface area contributed by atoms with Crippen molar-refractivity contribution >= 4 is 0 Å². The standard InChI is InChI=1S/C9H22N3/c1-2-3-6-11-7-4-8-12-9-5-10/h11-12H,1-10H2. The fraction of sp³-hybridized carbons (Fsp3) is 0.889. The average Bonchev–Trinajstić information content (AvgIpc) is 2.10. The Morgan fingerprint density at radius 1 is 0.917 bits per heavy atom. The third-order valence-corrected chi connectivity index (χ3v) is 1.63. The largest absolute Gasteiger partial charge is 0.329 e. The summed E-state index contributed by atoms with van der Waals surface area (Å²) in [4.78, 5) is 0. The fourth-order valence-corrected chi connectivity index (χ4v) is 0.940. The molecule has 0 heterocycles. The summed E-state index contributed by atoms with van der Waals surface area (Å²) in [5.41, 5.74) is 5.32. The van der Waals surface area contributed by atoms with Crippen molar-refractivity contribution in [3.8, 4) is 0 Å². The van der Waals surface area contributed by atoms with Crippen molar-refractivity contribution in [1.29, 1.82) is 0 Å². The number of hydrogen-bond donors (Lipinski definition) is 3. The molecule has 73 valence electrons. The maximum Gasteiger partial charge on any atom is 0.00745 e. The highest BCUT2D eigenvalue weighted by molar-refractivity contribution is 4.52. The molecule has 0 rings (SSSR count). The van der Waals surface area contributed by atoms with Crippen LogP contribution in [0.2, 0.25) is 0 Å². The highest BCUT2D eigenvalue weighted by Crippen LogP contribution is 1.81. The molecule has 4 N–H and O–H groups in total. The first-order valence-corrected chi connectivity index (χ1v) is 4.82. The molecule has 0 unspecified atom stereocenters. The monoisotopic (exact) mass is 172 g/mol. The average molecular weight is 172 g/mol. The van der Waals surface area contributed by atoms with Gasteiger partial charge in [-0.2, -0.15) is 0 Å². The molecule has 0 aliphatic rings. The van der Waals surface area contributed by atoms with Gasteiger partial charge in [0.05, 0.1) is 0 Å². The molecule has 0 saturated heterocycles. The Kier molecular flexibility index (Phi) is 10.8. The normalized spacial score (nSPS) is 10.5. The molecule has 0 bridgehead atoms. The lowest BCUT2D eigenvalue weighted by Crippen LogP contribution is -2.26. The zero-order valence-corrected chi connectivity index (χ0v) is 7.94. The predicted molar refractivity (Wildman–Crippen MR) is 54.0 cm³/mol. The zero-order chi connectivity index (χ0) is 9.07. The Morgan fingerprint density at radius 3 is 2.08 bits per heavy atom. The minimum atomic E-state index is 0.731. The quantitative estimate of drug-likeness (QED) is 0.433. The first kappa shape index (κ1) is 11.9. The van der Waals surface area contributed by atoms with E-state index >= 15 is 0 Å². The topological polar surface area (TPSA) is 50.1 Å². The first-order valence-electron chi connectivity index (χ1n) is 4.82. The van der Waals surface area contributed by atoms with Gasteiger partial charge in [-0.3, -0.25) is 0 Å². The summed E-state index contributed by atoms with van der Waals surface area (Å²) in [6.07, 6.45) is 3.38. The van der Waals surface area contributed by atoms with Crippen LogP contribution in [0.25, 0.3) is 0 Å². The molecule has 0 spiro atoms. The Balaban J connectivity index is 2.73. The van der Waals surface area contributed by atoms with E-state index in [1.165, 1.54) is 12.8 Å². The molecular weight excluding hydrogens is 150 g/mol. The van der Waals surface area contributed by atoms with Gasteiger partial charge in [-0.1, -0.05) is 13.3 Å². The lowest BCUT2D eigenvalue weighted by molar-refractivity contribution is 0.588. The van der Waals surface area contributed by atoms with Gasteiger partial charge in [0.1, 0.15) is 0 Å². The van der Waals surface area contributed by atoms with Gasteiger partial charge >= 0.3 is 0 Å². The minimum Gasteiger partial charge on any atom is -0.329 e. The first-order chi connectivity index (χ1) is 5.91. The van der Waals surface area contributed by atoms with Crippen LogP contribution in [0.3, 0.4) is 0 Å². The molecule has 0 aromatic carbocycles. The number of nitrogens with one attached hydrogen (secondary N) is 2. The van der Waals surface area contributed by atoms with Crippen molar-refractivity contribution in [2.75, 3.05) is 32.7 Å². The second-order valence-electron chi connectivity index (χ2n) is 2.85. The van der Waals surface area contributed by atoms with E-state index in [4.69, 9.17) is 5.73 Å². The lowest BCUT2D eigenvalue weighted by Gasteiger charge is -2.04. The molecule has 0 atom stereocenters. The molecule has 0 saturated carbocycles. The summed E-state index contributed by atoms with van der Waals surface area (Å²) in [6.45, 7) is 8.69. The molecule has 0 aliphatic heterocycles. The second kappa shape index (κ2) is 10.9. The van der Waals surface area contributed by atoms with E-state index in [2.05, 4.69) is 17.6 Å². The van der Waals surface area contributed by atoms with E-state index in [0.29, 0.717) is 0 Å². The van der Waals surface area contributed by atoms with Crippen molar-refractivity contribution in [2.45, 2.75) is 19.3 Å². The molecule has 3 nitrogen and oxygen atoms in total.